The number of carbonyl (C=O) groups excluding carboxylic acids is 1. The maximum atomic E-state index is 12.1. The van der Waals surface area contributed by atoms with Gasteiger partial charge in [-0.25, -0.2) is 12.7 Å². The molecule has 1 aromatic carbocycles. The van der Waals surface area contributed by atoms with E-state index in [1.165, 1.54) is 19.2 Å². The fraction of sp³-hybridized carbons (Fsp3) is 0.300. The Morgan fingerprint density at radius 3 is 2.71 bits per heavy atom. The van der Waals surface area contributed by atoms with Crippen molar-refractivity contribution in [3.63, 3.8) is 0 Å². The zero-order chi connectivity index (χ0) is 12.6. The number of ether oxygens (including phenoxy) is 1. The van der Waals surface area contributed by atoms with Gasteiger partial charge in [-0.3, -0.25) is 4.79 Å². The highest BCUT2D eigenvalue weighted by Crippen LogP contribution is 2.33. The third kappa shape index (κ3) is 1.67. The number of benzene rings is 1. The molecular formula is C10H12N2O4S. The van der Waals surface area contributed by atoms with Crippen molar-refractivity contribution < 1.29 is 17.9 Å². The van der Waals surface area contributed by atoms with E-state index < -0.39 is 15.9 Å². The second-order valence-corrected chi connectivity index (χ2v) is 5.40. The predicted octanol–water partition coefficient (Wildman–Crippen LogP) is 0.0597. The quantitative estimate of drug-likeness (QED) is 0.772. The van der Waals surface area contributed by atoms with Gasteiger partial charge >= 0.3 is 0 Å². The van der Waals surface area contributed by atoms with Crippen LogP contribution in [0.1, 0.15) is 10.4 Å². The van der Waals surface area contributed by atoms with Crippen LogP contribution in [0.15, 0.2) is 23.1 Å². The summed E-state index contributed by atoms with van der Waals surface area (Å²) in [6, 6.07) is 4.48. The van der Waals surface area contributed by atoms with Gasteiger partial charge in [-0.15, -0.1) is 0 Å². The number of rotatable bonds is 3. The van der Waals surface area contributed by atoms with Crippen LogP contribution >= 0.6 is 0 Å². The van der Waals surface area contributed by atoms with Crippen LogP contribution in [0.5, 0.6) is 0 Å². The van der Waals surface area contributed by atoms with Crippen molar-refractivity contribution in [1.82, 2.24) is 4.31 Å². The Morgan fingerprint density at radius 1 is 1.41 bits per heavy atom. The molecule has 1 aromatic rings. The summed E-state index contributed by atoms with van der Waals surface area (Å²) >= 11 is 0. The summed E-state index contributed by atoms with van der Waals surface area (Å²) in [5.41, 5.74) is 5.83. The summed E-state index contributed by atoms with van der Waals surface area (Å²) in [6.45, 7) is 0.144. The minimum absolute atomic E-state index is 0.00815. The molecule has 1 amide bonds. The van der Waals surface area contributed by atoms with Crippen molar-refractivity contribution in [1.29, 1.82) is 0 Å². The number of sulfonamides is 1. The highest BCUT2D eigenvalue weighted by molar-refractivity contribution is 7.90. The van der Waals surface area contributed by atoms with Crippen LogP contribution in [0.4, 0.5) is 5.69 Å². The van der Waals surface area contributed by atoms with Crippen LogP contribution in [0.25, 0.3) is 0 Å². The number of fused-ring (bicyclic) bond motifs is 1. The summed E-state index contributed by atoms with van der Waals surface area (Å²) < 4.78 is 29.8. The number of nitrogen functional groups attached to an aromatic ring is 1. The molecule has 0 aliphatic carbocycles. The molecule has 1 heterocycles. The lowest BCUT2D eigenvalue weighted by molar-refractivity contribution is 0.0837. The predicted molar refractivity (Wildman–Crippen MR) is 61.0 cm³/mol. The zero-order valence-corrected chi connectivity index (χ0v) is 10.0. The molecule has 0 radical (unpaired) electrons. The van der Waals surface area contributed by atoms with Gasteiger partial charge in [0, 0.05) is 7.11 Å². The normalized spacial score (nSPS) is 17.2. The largest absolute Gasteiger partial charge is 0.398 e. The Kier molecular flexibility index (Phi) is 2.80. The molecule has 0 saturated heterocycles. The molecule has 0 bridgehead atoms. The van der Waals surface area contributed by atoms with E-state index in [0.717, 1.165) is 4.31 Å². The Bertz CT molecular complexity index is 568. The Morgan fingerprint density at radius 2 is 2.12 bits per heavy atom. The van der Waals surface area contributed by atoms with Crippen molar-refractivity contribution in [2.24, 2.45) is 0 Å². The molecule has 6 nitrogen and oxygen atoms in total. The van der Waals surface area contributed by atoms with E-state index in [1.54, 1.807) is 6.07 Å². The zero-order valence-electron chi connectivity index (χ0n) is 9.21. The van der Waals surface area contributed by atoms with Crippen molar-refractivity contribution in [3.05, 3.63) is 23.8 Å². The van der Waals surface area contributed by atoms with Crippen LogP contribution in [-0.2, 0) is 14.8 Å². The van der Waals surface area contributed by atoms with Crippen molar-refractivity contribution >= 4 is 21.6 Å². The number of carbonyl (C=O) groups is 1. The molecule has 0 aromatic heterocycles. The van der Waals surface area contributed by atoms with Gasteiger partial charge in [0.1, 0.15) is 4.90 Å². The van der Waals surface area contributed by atoms with E-state index in [-0.39, 0.29) is 29.3 Å². The number of anilines is 1. The average molecular weight is 256 g/mol. The van der Waals surface area contributed by atoms with Crippen molar-refractivity contribution in [2.45, 2.75) is 4.90 Å². The van der Waals surface area contributed by atoms with E-state index in [9.17, 15) is 13.2 Å². The minimum atomic E-state index is -3.82. The standard InChI is InChI=1S/C10H12N2O4S/c1-16-6-5-12-10(13)7-3-2-4-8(11)9(7)17(12,14)15/h2-4H,5-6,11H2,1H3. The first-order chi connectivity index (χ1) is 8.00. The topological polar surface area (TPSA) is 89.7 Å². The van der Waals surface area contributed by atoms with Gasteiger partial charge in [-0.2, -0.15) is 0 Å². The molecule has 0 fully saturated rings. The van der Waals surface area contributed by atoms with Crippen LogP contribution in [-0.4, -0.2) is 38.9 Å². The number of nitrogens with two attached hydrogens (primary N) is 1. The molecule has 0 unspecified atom stereocenters. The fourth-order valence-electron chi connectivity index (χ4n) is 1.76. The lowest BCUT2D eigenvalue weighted by Gasteiger charge is -2.14. The summed E-state index contributed by atoms with van der Waals surface area (Å²) in [5.74, 6) is -0.552. The Labute approximate surface area is 99.0 Å². The number of hydrogen-bond donors (Lipinski definition) is 1. The van der Waals surface area contributed by atoms with Gasteiger partial charge in [0.05, 0.1) is 24.4 Å². The number of hydrogen-bond acceptors (Lipinski definition) is 5. The third-order valence-corrected chi connectivity index (χ3v) is 4.45. The van der Waals surface area contributed by atoms with Gasteiger partial charge < -0.3 is 10.5 Å². The Hall–Kier alpha value is -1.60. The summed E-state index contributed by atoms with van der Waals surface area (Å²) in [5, 5.41) is 0. The molecule has 1 aliphatic rings. The average Bonchev–Trinajstić information content (AvgIpc) is 2.46. The van der Waals surface area contributed by atoms with E-state index in [4.69, 9.17) is 10.5 Å². The molecule has 7 heteroatoms. The second kappa shape index (κ2) is 4.01. The molecule has 2 N–H and O–H groups in total. The van der Waals surface area contributed by atoms with E-state index in [1.807, 2.05) is 0 Å². The minimum Gasteiger partial charge on any atom is -0.398 e. The first-order valence-electron chi connectivity index (χ1n) is 4.94. The van der Waals surface area contributed by atoms with Crippen LogP contribution in [0, 0.1) is 0 Å². The van der Waals surface area contributed by atoms with Crippen LogP contribution < -0.4 is 5.73 Å². The number of amides is 1. The number of methoxy groups -OCH3 is 1. The van der Waals surface area contributed by atoms with E-state index >= 15 is 0 Å². The van der Waals surface area contributed by atoms with E-state index in [0.29, 0.717) is 0 Å². The molecule has 2 rings (SSSR count). The molecule has 1 aliphatic heterocycles. The van der Waals surface area contributed by atoms with Gasteiger partial charge in [-0.05, 0) is 12.1 Å². The van der Waals surface area contributed by atoms with Crippen molar-refractivity contribution in [3.8, 4) is 0 Å². The van der Waals surface area contributed by atoms with Gasteiger partial charge in [0.15, 0.2) is 0 Å². The summed E-state index contributed by atoms with van der Waals surface area (Å²) in [7, 11) is -2.38. The summed E-state index contributed by atoms with van der Waals surface area (Å²) in [4.78, 5) is 11.8. The second-order valence-electron chi connectivity index (χ2n) is 3.60. The fourth-order valence-corrected chi connectivity index (χ4v) is 3.41. The maximum absolute atomic E-state index is 12.1. The van der Waals surface area contributed by atoms with Gasteiger partial charge in [0.2, 0.25) is 0 Å². The molecule has 0 saturated carbocycles. The number of nitrogens with zero attached hydrogens (tertiary/aromatic N) is 1. The lowest BCUT2D eigenvalue weighted by atomic mass is 10.2. The lowest BCUT2D eigenvalue weighted by Crippen LogP contribution is -2.33. The first-order valence-corrected chi connectivity index (χ1v) is 6.38. The third-order valence-electron chi connectivity index (χ3n) is 2.55. The molecule has 0 spiro atoms. The van der Waals surface area contributed by atoms with E-state index in [2.05, 4.69) is 0 Å². The van der Waals surface area contributed by atoms with Crippen LogP contribution in [0.3, 0.4) is 0 Å². The van der Waals surface area contributed by atoms with Gasteiger partial charge in [0.25, 0.3) is 15.9 Å². The molecule has 92 valence electrons. The maximum Gasteiger partial charge on any atom is 0.269 e. The highest BCUT2D eigenvalue weighted by Gasteiger charge is 2.42. The molecule has 0 atom stereocenters. The summed E-state index contributed by atoms with van der Waals surface area (Å²) in [6.07, 6.45) is 0. The van der Waals surface area contributed by atoms with Crippen LogP contribution in [0.2, 0.25) is 0 Å². The monoisotopic (exact) mass is 256 g/mol. The molecular weight excluding hydrogens is 244 g/mol. The first kappa shape index (κ1) is 11.9. The highest BCUT2D eigenvalue weighted by atomic mass is 32.2. The Balaban J connectivity index is 2.54. The molecule has 17 heavy (non-hydrogen) atoms. The van der Waals surface area contributed by atoms with Crippen molar-refractivity contribution in [2.75, 3.05) is 26.0 Å². The SMILES string of the molecule is COCCN1C(=O)c2cccc(N)c2S1(=O)=O. The van der Waals surface area contributed by atoms with Gasteiger partial charge in [-0.1, -0.05) is 6.07 Å². The smallest absolute Gasteiger partial charge is 0.269 e.